The Balaban J connectivity index is 1.66. The van der Waals surface area contributed by atoms with Crippen LogP contribution in [0.3, 0.4) is 0 Å². The van der Waals surface area contributed by atoms with Crippen LogP contribution in [0.15, 0.2) is 97.1 Å². The number of aliphatic hydroxyl groups excluding tert-OH is 1. The molecule has 5 rings (SSSR count). The molecule has 642 valence electrons. The van der Waals surface area contributed by atoms with E-state index in [-0.39, 0.29) is 64.2 Å². The zero-order chi connectivity index (χ0) is 87.2. The van der Waals surface area contributed by atoms with E-state index in [0.717, 1.165) is 31.0 Å². The monoisotopic (exact) mass is 1670 g/mol. The highest BCUT2D eigenvalue weighted by molar-refractivity contribution is 7.99. The van der Waals surface area contributed by atoms with E-state index in [1.807, 2.05) is 6.07 Å². The van der Waals surface area contributed by atoms with Crippen LogP contribution in [0.25, 0.3) is 10.8 Å². The highest BCUT2D eigenvalue weighted by Crippen LogP contribution is 2.22. The number of carbonyl (C=O) groups is 18. The maximum Gasteiger partial charge on any atom is 0.306 e. The summed E-state index contributed by atoms with van der Waals surface area (Å²) in [7, 11) is 0. The molecule has 1 aliphatic rings. The third-order valence-corrected chi connectivity index (χ3v) is 19.5. The first kappa shape index (κ1) is 96.2. The molecule has 0 radical (unpaired) electrons. The number of carboxylic acid groups (broad SMARTS) is 1. The molecule has 40 nitrogen and oxygen atoms in total. The van der Waals surface area contributed by atoms with E-state index < -0.39 is 255 Å². The zero-order valence-electron chi connectivity index (χ0n) is 65.6. The SMILES string of the molecule is CC(=O)N[C@H]1CCSC[C@@H](C(=O)N[C@@H](Cc2ccc(OCCN)cc2)C(=O)N[C@@H](Cc2ccc3ccccc3c2)C(=O)N[C@@](C)(CCCCN)C(=O)N[C@@H](CCC(=O)O)C(=O)N[C@@H](CC(N)=O)C(=O)NCC(N)=O)NC(=O)[C@H](CCC(N)=O)NC(=O)[C@H](CCC(=O)OCc2ccccc2)NC(=O)[C@H]([C@@H](C)O)NC(=O)[C@H](CCC(N)=O)NC1=O. The summed E-state index contributed by atoms with van der Waals surface area (Å²) in [6.07, 6.45) is -8.50. The van der Waals surface area contributed by atoms with Gasteiger partial charge in [-0.25, -0.2) is 0 Å². The molecule has 16 amide bonds. The summed E-state index contributed by atoms with van der Waals surface area (Å²) in [6, 6.07) is 8.94. The van der Waals surface area contributed by atoms with E-state index in [4.69, 9.17) is 43.9 Å². The smallest absolute Gasteiger partial charge is 0.306 e. The van der Waals surface area contributed by atoms with Crippen molar-refractivity contribution in [1.82, 2.24) is 63.8 Å². The number of primary amides is 4. The molecule has 26 N–H and O–H groups in total. The van der Waals surface area contributed by atoms with Crippen molar-refractivity contribution >= 4 is 129 Å². The predicted octanol–water partition coefficient (Wildman–Crippen LogP) is -5.25. The number of rotatable bonds is 42. The summed E-state index contributed by atoms with van der Waals surface area (Å²) < 4.78 is 11.1. The summed E-state index contributed by atoms with van der Waals surface area (Å²) >= 11 is 0.882. The Morgan fingerprint density at radius 2 is 1.14 bits per heavy atom. The fourth-order valence-corrected chi connectivity index (χ4v) is 13.1. The average molecular weight is 1670 g/mol. The molecule has 4 aromatic carbocycles. The van der Waals surface area contributed by atoms with Crippen LogP contribution in [-0.4, -0.2) is 226 Å². The lowest BCUT2D eigenvalue weighted by Crippen LogP contribution is -2.64. The van der Waals surface area contributed by atoms with Crippen molar-refractivity contribution in [1.29, 1.82) is 0 Å². The lowest BCUT2D eigenvalue weighted by Gasteiger charge is -2.34. The molecular weight excluding hydrogens is 1560 g/mol. The van der Waals surface area contributed by atoms with E-state index >= 15 is 19.2 Å². The average Bonchev–Trinajstić information content (AvgIpc) is 0.812. The molecule has 1 aliphatic heterocycles. The minimum Gasteiger partial charge on any atom is -0.492 e. The number of amides is 16. The van der Waals surface area contributed by atoms with Crippen molar-refractivity contribution in [3.05, 3.63) is 114 Å². The van der Waals surface area contributed by atoms with Gasteiger partial charge in [0.1, 0.15) is 84.9 Å². The van der Waals surface area contributed by atoms with Gasteiger partial charge in [0.05, 0.1) is 19.1 Å². The summed E-state index contributed by atoms with van der Waals surface area (Å²) in [5.74, 6) is -20.1. The number of benzene rings is 4. The van der Waals surface area contributed by atoms with Gasteiger partial charge in [0.15, 0.2) is 0 Å². The standard InChI is InChI=1S/C77H106N18O22S/c1-42(96)65-75(114)88-52(24-28-64(104)117-40-45-11-5-4-6-12-45)67(106)86-50(21-25-59(80)98)68(107)92-58(41-118-34-29-54(85-43(2)97)70(109)87-51(71(110)94-65)22-26-60(81)99)73(112)89-55(36-44-16-19-49(20-17-44)116-33-32-79)72(111)90-56(37-46-15-18-47-13-7-8-14-48(47)35-46)74(113)95-77(3,30-9-10-31-78)76(115)93-53(23-27-63(102)103)69(108)91-57(38-61(82)100)66(105)84-39-62(83)101/h4-8,11-20,35,42,50-58,65,96H,9-10,21-34,36-41,78-79H2,1-3H3,(H2,80,98)(H2,81,99)(H2,82,100)(H2,83,101)(H,84,105)(H,85,97)(H,86,106)(H,87,109)(H,88,114)(H,89,112)(H,90,111)(H,91,108)(H,92,107)(H,93,115)(H,94,110)(H,95,113)(H,102,103)/t42-,50+,51+,52+,53+,54+,55+,56+,57+,58+,65+,77+/m1/s1. The highest BCUT2D eigenvalue weighted by atomic mass is 32.2. The lowest BCUT2D eigenvalue weighted by atomic mass is 9.91. The Morgan fingerprint density at radius 1 is 0.576 bits per heavy atom. The predicted molar refractivity (Wildman–Crippen MR) is 426 cm³/mol. The fourth-order valence-electron chi connectivity index (χ4n) is 12.0. The van der Waals surface area contributed by atoms with Crippen LogP contribution in [0.1, 0.15) is 121 Å². The molecular formula is C77H106N18O22S. The fraction of sp³-hybridized carbons (Fsp3) is 0.481. The summed E-state index contributed by atoms with van der Waals surface area (Å²) in [4.78, 5) is 248. The number of hydrogen-bond donors (Lipinski definition) is 20. The van der Waals surface area contributed by atoms with Crippen molar-refractivity contribution in [2.75, 3.05) is 37.7 Å². The number of thioether (sulfide) groups is 1. The van der Waals surface area contributed by atoms with Gasteiger partial charge in [-0.1, -0.05) is 84.9 Å². The lowest BCUT2D eigenvalue weighted by molar-refractivity contribution is -0.146. The molecule has 1 heterocycles. The van der Waals surface area contributed by atoms with E-state index in [2.05, 4.69) is 63.8 Å². The first-order valence-corrected chi connectivity index (χ1v) is 39.1. The van der Waals surface area contributed by atoms with Gasteiger partial charge in [0, 0.05) is 57.7 Å². The maximum absolute atomic E-state index is 15.7. The van der Waals surface area contributed by atoms with Gasteiger partial charge in [-0.05, 0) is 117 Å². The van der Waals surface area contributed by atoms with Crippen LogP contribution in [0.2, 0.25) is 0 Å². The van der Waals surface area contributed by atoms with E-state index in [9.17, 15) is 77.3 Å². The van der Waals surface area contributed by atoms with Crippen molar-refractivity contribution in [2.45, 2.75) is 196 Å². The second-order valence-corrected chi connectivity index (χ2v) is 29.4. The number of esters is 1. The Bertz CT molecular complexity index is 4220. The molecule has 0 saturated carbocycles. The molecule has 12 atom stereocenters. The third-order valence-electron chi connectivity index (χ3n) is 18.4. The first-order valence-electron chi connectivity index (χ1n) is 38.0. The van der Waals surface area contributed by atoms with Crippen LogP contribution in [0, 0.1) is 0 Å². The number of fused-ring (bicyclic) bond motifs is 1. The second kappa shape index (κ2) is 48.9. The maximum atomic E-state index is 15.7. The molecule has 118 heavy (non-hydrogen) atoms. The number of aliphatic hydroxyl groups is 1. The van der Waals surface area contributed by atoms with Gasteiger partial charge < -0.3 is 118 Å². The number of nitrogens with two attached hydrogens (primary N) is 6. The molecule has 0 aliphatic carbocycles. The molecule has 0 unspecified atom stereocenters. The van der Waals surface area contributed by atoms with E-state index in [1.54, 1.807) is 66.7 Å². The topological polar surface area (TPSA) is 667 Å². The number of carboxylic acids is 1. The second-order valence-electron chi connectivity index (χ2n) is 28.2. The Hall–Kier alpha value is -12.4. The van der Waals surface area contributed by atoms with E-state index in [1.165, 1.54) is 31.2 Å². The van der Waals surface area contributed by atoms with E-state index in [0.29, 0.717) is 27.8 Å². The van der Waals surface area contributed by atoms with Gasteiger partial charge >= 0.3 is 11.9 Å². The number of aliphatic carboxylic acids is 1. The first-order chi connectivity index (χ1) is 56.0. The Morgan fingerprint density at radius 3 is 1.75 bits per heavy atom. The summed E-state index contributed by atoms with van der Waals surface area (Å²) in [5.41, 5.74) is 32.5. The number of carbonyl (C=O) groups excluding carboxylic acids is 17. The number of hydrogen-bond acceptors (Lipinski definition) is 24. The number of ether oxygens (including phenoxy) is 2. The summed E-state index contributed by atoms with van der Waals surface area (Å²) in [6.45, 7) is 2.77. The van der Waals surface area contributed by atoms with Crippen LogP contribution >= 0.6 is 11.8 Å². The molecule has 0 aromatic heterocycles. The largest absolute Gasteiger partial charge is 0.492 e. The Labute approximate surface area is 683 Å². The molecule has 1 fully saturated rings. The van der Waals surface area contributed by atoms with Crippen molar-refractivity contribution in [2.24, 2.45) is 34.4 Å². The number of unbranched alkanes of at least 4 members (excludes halogenated alkanes) is 1. The normalized spacial score (nSPS) is 18.7. The molecule has 4 aromatic rings. The molecule has 1 saturated heterocycles. The van der Waals surface area contributed by atoms with Gasteiger partial charge in [0.2, 0.25) is 94.5 Å². The van der Waals surface area contributed by atoms with Crippen molar-refractivity contribution < 1.29 is 106 Å². The van der Waals surface area contributed by atoms with Gasteiger partial charge in [-0.15, -0.1) is 0 Å². The van der Waals surface area contributed by atoms with Gasteiger partial charge in [-0.3, -0.25) is 86.3 Å². The number of nitrogens with one attached hydrogen (secondary N) is 12. The van der Waals surface area contributed by atoms with Crippen molar-refractivity contribution in [3.63, 3.8) is 0 Å². The van der Waals surface area contributed by atoms with Crippen molar-refractivity contribution in [3.8, 4) is 5.75 Å². The third kappa shape index (κ3) is 33.8. The van der Waals surface area contributed by atoms with Crippen LogP contribution < -0.4 is 103 Å². The van der Waals surface area contributed by atoms with Gasteiger partial charge in [0.25, 0.3) is 0 Å². The Kier molecular flexibility index (Phi) is 39.8. The van der Waals surface area contributed by atoms with Gasteiger partial charge in [-0.2, -0.15) is 11.8 Å². The summed E-state index contributed by atoms with van der Waals surface area (Å²) in [5, 5.41) is 51.9. The minimum absolute atomic E-state index is 0.0777. The molecule has 41 heteroatoms. The van der Waals surface area contributed by atoms with Crippen LogP contribution in [-0.2, 0) is 110 Å². The highest BCUT2D eigenvalue weighted by Gasteiger charge is 2.42. The zero-order valence-corrected chi connectivity index (χ0v) is 66.4. The van der Waals surface area contributed by atoms with Crippen LogP contribution in [0.4, 0.5) is 0 Å². The minimum atomic E-state index is -2.11. The quantitative estimate of drug-likeness (QED) is 0.0146. The molecule has 0 bridgehead atoms. The van der Waals surface area contributed by atoms with Crippen LogP contribution in [0.5, 0.6) is 5.75 Å². The molecule has 0 spiro atoms.